The van der Waals surface area contributed by atoms with Crippen LogP contribution >= 0.6 is 0 Å². The van der Waals surface area contributed by atoms with Crippen LogP contribution in [0, 0.1) is 0 Å². The molecule has 0 saturated carbocycles. The van der Waals surface area contributed by atoms with Crippen molar-refractivity contribution < 1.29 is 4.42 Å². The molecule has 3 nitrogen and oxygen atoms in total. The van der Waals surface area contributed by atoms with Crippen LogP contribution in [0.25, 0.3) is 82.8 Å². The summed E-state index contributed by atoms with van der Waals surface area (Å²) >= 11 is 0. The van der Waals surface area contributed by atoms with E-state index in [-0.39, 0.29) is 0 Å². The van der Waals surface area contributed by atoms with Crippen LogP contribution in [0.1, 0.15) is 0 Å². The third kappa shape index (κ3) is 5.60. The minimum atomic E-state index is 0.862. The van der Waals surface area contributed by atoms with Gasteiger partial charge in [-0.15, -0.1) is 0 Å². The maximum atomic E-state index is 6.44. The van der Waals surface area contributed by atoms with E-state index in [0.717, 1.165) is 50.3 Å². The summed E-state index contributed by atoms with van der Waals surface area (Å²) < 4.78 is 8.82. The number of benzene rings is 9. The molecule has 0 radical (unpaired) electrons. The maximum absolute atomic E-state index is 6.44. The average Bonchev–Trinajstić information content (AvgIpc) is 3.83. The third-order valence-electron chi connectivity index (χ3n) is 11.2. The standard InChI is InChI=1S/C54H36N2O/c1-4-15-37(16-5-1)44-33-31-42(35-49(44)38-17-6-2-7-18-38)55(43-32-34-47-46-21-11-13-26-52(46)57-53(47)36-43)41-29-27-39(28-30-41)45-23-14-25-51-54(45)48-22-10-12-24-50(48)56(51)40-19-8-3-9-20-40/h1-36H. The number of rotatable bonds is 7. The van der Waals surface area contributed by atoms with E-state index in [9.17, 15) is 0 Å². The molecule has 0 fully saturated rings. The molecule has 0 aliphatic heterocycles. The highest BCUT2D eigenvalue weighted by Crippen LogP contribution is 2.44. The highest BCUT2D eigenvalue weighted by molar-refractivity contribution is 6.16. The van der Waals surface area contributed by atoms with Gasteiger partial charge in [-0.05, 0) is 100 Å². The molecule has 0 bridgehead atoms. The number of para-hydroxylation sites is 3. The minimum Gasteiger partial charge on any atom is -0.456 e. The highest BCUT2D eigenvalue weighted by Gasteiger charge is 2.20. The first-order valence-electron chi connectivity index (χ1n) is 19.4. The zero-order chi connectivity index (χ0) is 37.7. The van der Waals surface area contributed by atoms with E-state index in [1.807, 2.05) is 12.1 Å². The molecule has 0 unspecified atom stereocenters. The largest absolute Gasteiger partial charge is 0.456 e. The Balaban J connectivity index is 1.09. The zero-order valence-electron chi connectivity index (χ0n) is 31.1. The molecule has 11 rings (SSSR count). The van der Waals surface area contributed by atoms with Crippen molar-refractivity contribution in [1.29, 1.82) is 0 Å². The quantitative estimate of drug-likeness (QED) is 0.163. The molecule has 11 aromatic rings. The van der Waals surface area contributed by atoms with Crippen molar-refractivity contribution in [3.05, 3.63) is 218 Å². The molecule has 9 aromatic carbocycles. The predicted octanol–water partition coefficient (Wildman–Crippen LogP) is 15.2. The summed E-state index contributed by atoms with van der Waals surface area (Å²) in [5.74, 6) is 0. The lowest BCUT2D eigenvalue weighted by molar-refractivity contribution is 0.669. The number of anilines is 3. The Morgan fingerprint density at radius 3 is 1.67 bits per heavy atom. The van der Waals surface area contributed by atoms with Gasteiger partial charge in [-0.3, -0.25) is 0 Å². The second-order valence-electron chi connectivity index (χ2n) is 14.5. The lowest BCUT2D eigenvalue weighted by Crippen LogP contribution is -2.10. The summed E-state index contributed by atoms with van der Waals surface area (Å²) in [4.78, 5) is 2.35. The Labute approximate surface area is 330 Å². The van der Waals surface area contributed by atoms with Crippen molar-refractivity contribution in [2.75, 3.05) is 4.90 Å². The SMILES string of the molecule is c1ccc(-c2ccc(N(c3ccc(-c4cccc5c4c4ccccc4n5-c4ccccc4)cc3)c3ccc4c(c3)oc3ccccc34)cc2-c2ccccc2)cc1. The maximum Gasteiger partial charge on any atom is 0.137 e. The van der Waals surface area contributed by atoms with Gasteiger partial charge in [0.15, 0.2) is 0 Å². The lowest BCUT2D eigenvalue weighted by Gasteiger charge is -2.27. The van der Waals surface area contributed by atoms with E-state index in [1.165, 1.54) is 49.6 Å². The molecule has 0 saturated heterocycles. The van der Waals surface area contributed by atoms with Crippen LogP contribution in [0.4, 0.5) is 17.1 Å². The molecule has 0 aliphatic carbocycles. The van der Waals surface area contributed by atoms with E-state index < -0.39 is 0 Å². The molecule has 0 spiro atoms. The molecular formula is C54H36N2O. The summed E-state index contributed by atoms with van der Waals surface area (Å²) in [6.45, 7) is 0. The molecular weight excluding hydrogens is 693 g/mol. The smallest absolute Gasteiger partial charge is 0.137 e. The Kier molecular flexibility index (Phi) is 7.82. The Hall–Kier alpha value is -7.62. The van der Waals surface area contributed by atoms with E-state index in [2.05, 4.69) is 216 Å². The summed E-state index contributed by atoms with van der Waals surface area (Å²) in [5, 5.41) is 4.72. The van der Waals surface area contributed by atoms with Crippen LogP contribution in [0.15, 0.2) is 223 Å². The fourth-order valence-corrected chi connectivity index (χ4v) is 8.60. The van der Waals surface area contributed by atoms with Gasteiger partial charge >= 0.3 is 0 Å². The Morgan fingerprint density at radius 1 is 0.333 bits per heavy atom. The number of hydrogen-bond acceptors (Lipinski definition) is 2. The van der Waals surface area contributed by atoms with Crippen molar-refractivity contribution in [1.82, 2.24) is 4.57 Å². The van der Waals surface area contributed by atoms with Crippen molar-refractivity contribution in [3.8, 4) is 39.1 Å². The highest BCUT2D eigenvalue weighted by atomic mass is 16.3. The van der Waals surface area contributed by atoms with Gasteiger partial charge in [0, 0.05) is 50.4 Å². The van der Waals surface area contributed by atoms with Gasteiger partial charge < -0.3 is 13.9 Å². The average molecular weight is 729 g/mol. The Bertz CT molecular complexity index is 3220. The molecule has 0 amide bonds. The van der Waals surface area contributed by atoms with Gasteiger partial charge in [0.2, 0.25) is 0 Å². The fourth-order valence-electron chi connectivity index (χ4n) is 8.60. The van der Waals surface area contributed by atoms with Gasteiger partial charge in [0.05, 0.1) is 11.0 Å². The van der Waals surface area contributed by atoms with Crippen LogP contribution in [0.5, 0.6) is 0 Å². The fraction of sp³-hybridized carbons (Fsp3) is 0. The minimum absolute atomic E-state index is 0.862. The summed E-state index contributed by atoms with van der Waals surface area (Å²) in [7, 11) is 0. The Morgan fingerprint density at radius 2 is 0.895 bits per heavy atom. The van der Waals surface area contributed by atoms with E-state index >= 15 is 0 Å². The van der Waals surface area contributed by atoms with Gasteiger partial charge in [-0.25, -0.2) is 0 Å². The number of aromatic nitrogens is 1. The number of furan rings is 1. The van der Waals surface area contributed by atoms with Crippen molar-refractivity contribution in [2.24, 2.45) is 0 Å². The molecule has 0 N–H and O–H groups in total. The normalized spacial score (nSPS) is 11.5. The van der Waals surface area contributed by atoms with Crippen LogP contribution in [-0.2, 0) is 0 Å². The van der Waals surface area contributed by atoms with Gasteiger partial charge in [0.1, 0.15) is 11.2 Å². The van der Waals surface area contributed by atoms with Gasteiger partial charge in [-0.1, -0.05) is 146 Å². The van der Waals surface area contributed by atoms with Crippen LogP contribution < -0.4 is 4.90 Å². The monoisotopic (exact) mass is 728 g/mol. The summed E-state index contributed by atoms with van der Waals surface area (Å²) in [5.41, 5.74) is 15.5. The van der Waals surface area contributed by atoms with Crippen molar-refractivity contribution in [3.63, 3.8) is 0 Å². The third-order valence-corrected chi connectivity index (χ3v) is 11.2. The summed E-state index contributed by atoms with van der Waals surface area (Å²) in [6, 6.07) is 78.1. The van der Waals surface area contributed by atoms with Crippen LogP contribution in [-0.4, -0.2) is 4.57 Å². The molecule has 268 valence electrons. The zero-order valence-corrected chi connectivity index (χ0v) is 31.1. The first kappa shape index (κ1) is 32.8. The predicted molar refractivity (Wildman–Crippen MR) is 239 cm³/mol. The van der Waals surface area contributed by atoms with Crippen molar-refractivity contribution in [2.45, 2.75) is 0 Å². The second-order valence-corrected chi connectivity index (χ2v) is 14.5. The van der Waals surface area contributed by atoms with Gasteiger partial charge in [0.25, 0.3) is 0 Å². The number of hydrogen-bond donors (Lipinski definition) is 0. The molecule has 0 aliphatic rings. The molecule has 3 heteroatoms. The molecule has 57 heavy (non-hydrogen) atoms. The van der Waals surface area contributed by atoms with E-state index in [0.29, 0.717) is 0 Å². The van der Waals surface area contributed by atoms with Crippen molar-refractivity contribution >= 4 is 60.8 Å². The van der Waals surface area contributed by atoms with Crippen LogP contribution in [0.3, 0.4) is 0 Å². The molecule has 2 heterocycles. The topological polar surface area (TPSA) is 21.3 Å². The number of fused-ring (bicyclic) bond motifs is 6. The van der Waals surface area contributed by atoms with E-state index in [4.69, 9.17) is 4.42 Å². The van der Waals surface area contributed by atoms with Gasteiger partial charge in [-0.2, -0.15) is 0 Å². The summed E-state index contributed by atoms with van der Waals surface area (Å²) in [6.07, 6.45) is 0. The van der Waals surface area contributed by atoms with Crippen LogP contribution in [0.2, 0.25) is 0 Å². The number of nitrogens with zero attached hydrogens (tertiary/aromatic N) is 2. The second kappa shape index (κ2) is 13.6. The lowest BCUT2D eigenvalue weighted by atomic mass is 9.93. The first-order chi connectivity index (χ1) is 28.3. The first-order valence-corrected chi connectivity index (χ1v) is 19.4. The molecule has 2 aromatic heterocycles. The van der Waals surface area contributed by atoms with E-state index in [1.54, 1.807) is 0 Å². The molecule has 0 atom stereocenters.